The normalized spacial score (nSPS) is 18.3. The molecule has 0 spiro atoms. The predicted molar refractivity (Wildman–Crippen MR) is 120 cm³/mol. The second-order valence-electron chi connectivity index (χ2n) is 8.18. The first kappa shape index (κ1) is 19.2. The number of H-pyrrole nitrogens is 1. The lowest BCUT2D eigenvalue weighted by molar-refractivity contribution is 0.362. The molecule has 0 aromatic carbocycles. The van der Waals surface area contributed by atoms with E-state index in [1.54, 1.807) is 18.6 Å². The number of halogens is 1. The van der Waals surface area contributed by atoms with Crippen LogP contribution in [0.25, 0.3) is 11.3 Å². The van der Waals surface area contributed by atoms with Crippen LogP contribution in [0.1, 0.15) is 49.1 Å². The van der Waals surface area contributed by atoms with E-state index in [2.05, 4.69) is 35.5 Å². The molecular formula is C22H21ClN8O. The maximum atomic E-state index is 6.38. The highest BCUT2D eigenvalue weighted by molar-refractivity contribution is 6.32. The molecule has 4 aromatic rings. The van der Waals surface area contributed by atoms with Crippen molar-refractivity contribution in [3.05, 3.63) is 59.3 Å². The highest BCUT2D eigenvalue weighted by atomic mass is 35.5. The maximum Gasteiger partial charge on any atom is 0.228 e. The highest BCUT2D eigenvalue weighted by Crippen LogP contribution is 2.40. The summed E-state index contributed by atoms with van der Waals surface area (Å²) in [6.45, 7) is 0.822. The van der Waals surface area contributed by atoms with E-state index in [-0.39, 0.29) is 6.04 Å². The van der Waals surface area contributed by atoms with Crippen LogP contribution in [-0.2, 0) is 0 Å². The van der Waals surface area contributed by atoms with Gasteiger partial charge in [-0.15, -0.1) is 0 Å². The highest BCUT2D eigenvalue weighted by Gasteiger charge is 2.32. The quantitative estimate of drug-likeness (QED) is 0.430. The number of aromatic nitrogens is 6. The fourth-order valence-electron chi connectivity index (χ4n) is 4.11. The van der Waals surface area contributed by atoms with Gasteiger partial charge in [0.15, 0.2) is 17.4 Å². The third-order valence-electron chi connectivity index (χ3n) is 5.92. The van der Waals surface area contributed by atoms with Crippen molar-refractivity contribution < 1.29 is 4.52 Å². The number of nitrogens with zero attached hydrogens (tertiary/aromatic N) is 6. The van der Waals surface area contributed by atoms with Crippen molar-refractivity contribution >= 4 is 29.2 Å². The van der Waals surface area contributed by atoms with Crippen LogP contribution >= 0.6 is 11.6 Å². The minimum absolute atomic E-state index is 0.00815. The molecule has 2 aliphatic rings. The Bertz CT molecular complexity index is 1240. The molecule has 1 saturated heterocycles. The van der Waals surface area contributed by atoms with Crippen LogP contribution in [0.2, 0.25) is 5.02 Å². The van der Waals surface area contributed by atoms with Crippen LogP contribution in [0.4, 0.5) is 17.6 Å². The van der Waals surface area contributed by atoms with Gasteiger partial charge in [-0.1, -0.05) is 16.8 Å². The molecule has 0 bridgehead atoms. The summed E-state index contributed by atoms with van der Waals surface area (Å²) in [4.78, 5) is 15.5. The van der Waals surface area contributed by atoms with Crippen molar-refractivity contribution in [3.63, 3.8) is 0 Å². The zero-order chi connectivity index (χ0) is 21.5. The molecule has 2 N–H and O–H groups in total. The van der Waals surface area contributed by atoms with Crippen molar-refractivity contribution in [2.24, 2.45) is 0 Å². The van der Waals surface area contributed by atoms with E-state index >= 15 is 0 Å². The molecule has 9 nitrogen and oxygen atoms in total. The van der Waals surface area contributed by atoms with Crippen molar-refractivity contribution in [2.75, 3.05) is 16.8 Å². The molecule has 0 amide bonds. The van der Waals surface area contributed by atoms with E-state index in [4.69, 9.17) is 21.1 Å². The molecule has 32 heavy (non-hydrogen) atoms. The molecule has 162 valence electrons. The van der Waals surface area contributed by atoms with Gasteiger partial charge in [0.2, 0.25) is 5.95 Å². The molecular weight excluding hydrogens is 428 g/mol. The van der Waals surface area contributed by atoms with E-state index in [0.717, 1.165) is 42.1 Å². The lowest BCUT2D eigenvalue weighted by atomic mass is 10.1. The number of hydrogen-bond donors (Lipinski definition) is 2. The fourth-order valence-corrected chi connectivity index (χ4v) is 4.25. The molecule has 1 unspecified atom stereocenters. The Morgan fingerprint density at radius 1 is 1.19 bits per heavy atom. The van der Waals surface area contributed by atoms with E-state index in [9.17, 15) is 0 Å². The van der Waals surface area contributed by atoms with E-state index in [1.165, 1.54) is 12.8 Å². The summed E-state index contributed by atoms with van der Waals surface area (Å²) in [7, 11) is 0. The molecule has 4 aromatic heterocycles. The first-order valence-corrected chi connectivity index (χ1v) is 11.1. The van der Waals surface area contributed by atoms with Crippen molar-refractivity contribution in [2.45, 2.75) is 37.6 Å². The molecule has 6 rings (SSSR count). The lowest BCUT2D eigenvalue weighted by Gasteiger charge is -2.23. The number of aromatic amines is 1. The average molecular weight is 449 g/mol. The predicted octanol–water partition coefficient (Wildman–Crippen LogP) is 4.87. The van der Waals surface area contributed by atoms with Gasteiger partial charge in [0.1, 0.15) is 10.7 Å². The first-order chi connectivity index (χ1) is 15.7. The Labute approximate surface area is 189 Å². The first-order valence-electron chi connectivity index (χ1n) is 10.7. The van der Waals surface area contributed by atoms with Gasteiger partial charge in [0.25, 0.3) is 0 Å². The van der Waals surface area contributed by atoms with Gasteiger partial charge in [-0.25, -0.2) is 4.98 Å². The van der Waals surface area contributed by atoms with E-state index in [1.807, 2.05) is 24.3 Å². The number of hydrogen-bond acceptors (Lipinski definition) is 8. The third kappa shape index (κ3) is 3.69. The standard InChI is InChI=1S/C22H21ClN8O/c23-15-12-25-22(27-21(15)26-20-10-16(28-29-20)13-5-6-13)31-8-2-4-18(31)19-9-17(30-32-19)14-3-1-7-24-11-14/h1,3,7,9-13,18H,2,4-6,8H2,(H2,25,26,27,28,29). The van der Waals surface area contributed by atoms with Gasteiger partial charge in [-0.05, 0) is 37.8 Å². The summed E-state index contributed by atoms with van der Waals surface area (Å²) in [5, 5.41) is 15.3. The van der Waals surface area contributed by atoms with Gasteiger partial charge in [-0.3, -0.25) is 10.1 Å². The molecule has 2 fully saturated rings. The summed E-state index contributed by atoms with van der Waals surface area (Å²) in [5.74, 6) is 3.21. The van der Waals surface area contributed by atoms with E-state index < -0.39 is 0 Å². The van der Waals surface area contributed by atoms with Crippen molar-refractivity contribution in [1.29, 1.82) is 0 Å². The summed E-state index contributed by atoms with van der Waals surface area (Å²) in [6.07, 6.45) is 9.49. The van der Waals surface area contributed by atoms with Crippen LogP contribution in [0, 0.1) is 0 Å². The van der Waals surface area contributed by atoms with Gasteiger partial charge in [0, 0.05) is 48.2 Å². The third-order valence-corrected chi connectivity index (χ3v) is 6.19. The molecule has 1 aliphatic carbocycles. The van der Waals surface area contributed by atoms with Gasteiger partial charge in [0.05, 0.1) is 12.2 Å². The molecule has 1 aliphatic heterocycles. The Balaban J connectivity index is 1.25. The summed E-state index contributed by atoms with van der Waals surface area (Å²) >= 11 is 6.38. The van der Waals surface area contributed by atoms with Crippen LogP contribution < -0.4 is 10.2 Å². The van der Waals surface area contributed by atoms with Crippen LogP contribution in [-0.4, -0.2) is 36.9 Å². The Morgan fingerprint density at radius 3 is 2.97 bits per heavy atom. The van der Waals surface area contributed by atoms with E-state index in [0.29, 0.717) is 28.5 Å². The summed E-state index contributed by atoms with van der Waals surface area (Å²) in [6, 6.07) is 7.84. The van der Waals surface area contributed by atoms with Gasteiger partial charge >= 0.3 is 0 Å². The van der Waals surface area contributed by atoms with Crippen LogP contribution in [0.15, 0.2) is 47.4 Å². The largest absolute Gasteiger partial charge is 0.359 e. The maximum absolute atomic E-state index is 6.38. The topological polar surface area (TPSA) is 109 Å². The van der Waals surface area contributed by atoms with Crippen LogP contribution in [0.3, 0.4) is 0 Å². The van der Waals surface area contributed by atoms with Crippen molar-refractivity contribution in [1.82, 2.24) is 30.3 Å². The van der Waals surface area contributed by atoms with Gasteiger partial charge < -0.3 is 14.7 Å². The molecule has 1 saturated carbocycles. The monoisotopic (exact) mass is 448 g/mol. The number of pyridine rings is 1. The number of rotatable bonds is 6. The van der Waals surface area contributed by atoms with Gasteiger partial charge in [-0.2, -0.15) is 10.1 Å². The summed E-state index contributed by atoms with van der Waals surface area (Å²) < 4.78 is 5.70. The average Bonchev–Trinajstić information content (AvgIpc) is 3.21. The Morgan fingerprint density at radius 2 is 2.12 bits per heavy atom. The fraction of sp³-hybridized carbons (Fsp3) is 0.318. The summed E-state index contributed by atoms with van der Waals surface area (Å²) in [5.41, 5.74) is 2.84. The zero-order valence-electron chi connectivity index (χ0n) is 17.2. The minimum Gasteiger partial charge on any atom is -0.359 e. The number of anilines is 3. The molecule has 0 radical (unpaired) electrons. The van der Waals surface area contributed by atoms with Crippen molar-refractivity contribution in [3.8, 4) is 11.3 Å². The smallest absolute Gasteiger partial charge is 0.228 e. The minimum atomic E-state index is 0.00815. The number of nitrogens with one attached hydrogen (secondary N) is 2. The molecule has 10 heteroatoms. The lowest BCUT2D eigenvalue weighted by Crippen LogP contribution is -2.24. The molecule has 1 atom stereocenters. The van der Waals surface area contributed by atoms with Crippen LogP contribution in [0.5, 0.6) is 0 Å². The molecule has 5 heterocycles. The zero-order valence-corrected chi connectivity index (χ0v) is 18.0. The second-order valence-corrected chi connectivity index (χ2v) is 8.59. The Hall–Kier alpha value is -3.46. The Kier molecular flexibility index (Phi) is 4.75. The second kappa shape index (κ2) is 7.90. The SMILES string of the molecule is Clc1cnc(N2CCCC2c2cc(-c3cccnc3)no2)nc1Nc1cc(C2CC2)[nH]n1.